The summed E-state index contributed by atoms with van der Waals surface area (Å²) in [7, 11) is 2.00. The van der Waals surface area contributed by atoms with Crippen LogP contribution >= 0.6 is 35.0 Å². The molecule has 6 nitrogen and oxygen atoms in total. The van der Waals surface area contributed by atoms with E-state index >= 15 is 0 Å². The van der Waals surface area contributed by atoms with Crippen LogP contribution in [-0.4, -0.2) is 60.1 Å². The molecule has 2 aromatic rings. The zero-order chi connectivity index (χ0) is 23.5. The molecule has 1 unspecified atom stereocenters. The number of hydrogen-bond donors (Lipinski definition) is 0. The van der Waals surface area contributed by atoms with Gasteiger partial charge in [-0.05, 0) is 37.2 Å². The highest BCUT2D eigenvalue weighted by Gasteiger charge is 2.41. The second kappa shape index (κ2) is 10.2. The maximum atomic E-state index is 13.5. The van der Waals surface area contributed by atoms with Gasteiger partial charge in [0.15, 0.2) is 0 Å². The van der Waals surface area contributed by atoms with Gasteiger partial charge in [-0.15, -0.1) is 0 Å². The van der Waals surface area contributed by atoms with Crippen LogP contribution in [0.4, 0.5) is 5.69 Å². The minimum atomic E-state index is -0.542. The molecule has 2 amide bonds. The van der Waals surface area contributed by atoms with E-state index < -0.39 is 5.25 Å². The number of carbonyl (C=O) groups is 2. The Hall–Kier alpha value is -2.50. The first-order valence-corrected chi connectivity index (χ1v) is 12.1. The van der Waals surface area contributed by atoms with Crippen molar-refractivity contribution in [3.8, 4) is 6.07 Å². The third kappa shape index (κ3) is 4.90. The van der Waals surface area contributed by atoms with Gasteiger partial charge in [-0.2, -0.15) is 5.26 Å². The molecule has 2 saturated heterocycles. The fraction of sp³-hybridized carbons (Fsp3) is 0.292. The Labute approximate surface area is 207 Å². The smallest absolute Gasteiger partial charge is 0.267 e. The molecular weight excluding hydrogens is 479 g/mol. The SMILES string of the molecule is CN1CCN(C(=O)C(C#N)=C2SC(Cc3cccc(Cl)c3Cl)C(=O)N2c2ccccc2)CC1. The Balaban J connectivity index is 1.72. The van der Waals surface area contributed by atoms with Gasteiger partial charge in [0.1, 0.15) is 16.7 Å². The highest BCUT2D eigenvalue weighted by Crippen LogP contribution is 2.43. The van der Waals surface area contributed by atoms with Gasteiger partial charge in [-0.1, -0.05) is 65.3 Å². The Morgan fingerprint density at radius 3 is 2.45 bits per heavy atom. The number of piperazine rings is 1. The van der Waals surface area contributed by atoms with Crippen molar-refractivity contribution in [2.45, 2.75) is 11.7 Å². The normalized spacial score (nSPS) is 20.7. The molecule has 33 heavy (non-hydrogen) atoms. The van der Waals surface area contributed by atoms with Crippen LogP contribution in [0.2, 0.25) is 10.0 Å². The van der Waals surface area contributed by atoms with Crippen LogP contribution in [-0.2, 0) is 16.0 Å². The van der Waals surface area contributed by atoms with Crippen LogP contribution in [0.15, 0.2) is 59.1 Å². The molecule has 2 aliphatic rings. The third-order valence-corrected chi connectivity index (χ3v) is 7.85. The van der Waals surface area contributed by atoms with Crippen LogP contribution in [0, 0.1) is 11.3 Å². The minimum absolute atomic E-state index is 0.0125. The Bertz CT molecular complexity index is 1140. The van der Waals surface area contributed by atoms with E-state index in [2.05, 4.69) is 11.0 Å². The fourth-order valence-electron chi connectivity index (χ4n) is 3.86. The maximum Gasteiger partial charge on any atom is 0.267 e. The van der Waals surface area contributed by atoms with Crippen molar-refractivity contribution < 1.29 is 9.59 Å². The number of amides is 2. The number of nitriles is 1. The van der Waals surface area contributed by atoms with Gasteiger partial charge in [-0.3, -0.25) is 14.5 Å². The van der Waals surface area contributed by atoms with Crippen molar-refractivity contribution in [3.05, 3.63) is 74.7 Å². The quantitative estimate of drug-likeness (QED) is 0.464. The summed E-state index contributed by atoms with van der Waals surface area (Å²) in [6.07, 6.45) is 0.330. The van der Waals surface area contributed by atoms with Gasteiger partial charge < -0.3 is 9.80 Å². The van der Waals surface area contributed by atoms with E-state index in [4.69, 9.17) is 23.2 Å². The van der Waals surface area contributed by atoms with E-state index in [1.165, 1.54) is 16.7 Å². The van der Waals surface area contributed by atoms with Crippen LogP contribution in [0.1, 0.15) is 5.56 Å². The van der Waals surface area contributed by atoms with Crippen LogP contribution in [0.25, 0.3) is 0 Å². The molecule has 0 aromatic heterocycles. The molecule has 1 atom stereocenters. The van der Waals surface area contributed by atoms with E-state index in [1.54, 1.807) is 29.2 Å². The lowest BCUT2D eigenvalue weighted by atomic mass is 10.1. The van der Waals surface area contributed by atoms with Gasteiger partial charge in [-0.25, -0.2) is 0 Å². The van der Waals surface area contributed by atoms with Crippen molar-refractivity contribution in [2.75, 3.05) is 38.1 Å². The molecule has 2 fully saturated rings. The average molecular weight is 501 g/mol. The van der Waals surface area contributed by atoms with E-state index in [0.29, 0.717) is 40.3 Å². The molecule has 0 radical (unpaired) electrons. The van der Waals surface area contributed by atoms with Crippen molar-refractivity contribution in [1.29, 1.82) is 5.26 Å². The number of halogens is 2. The molecule has 0 bridgehead atoms. The summed E-state index contributed by atoms with van der Waals surface area (Å²) in [5.74, 6) is -0.542. The van der Waals surface area contributed by atoms with Gasteiger partial charge >= 0.3 is 0 Å². The molecule has 170 valence electrons. The second-order valence-corrected chi connectivity index (χ2v) is 9.90. The van der Waals surface area contributed by atoms with Gasteiger partial charge in [0.05, 0.1) is 15.3 Å². The molecule has 2 heterocycles. The third-order valence-electron chi connectivity index (χ3n) is 5.73. The van der Waals surface area contributed by atoms with E-state index in [0.717, 1.165) is 18.7 Å². The largest absolute Gasteiger partial charge is 0.335 e. The lowest BCUT2D eigenvalue weighted by Crippen LogP contribution is -2.47. The zero-order valence-corrected chi connectivity index (χ0v) is 20.3. The Morgan fingerprint density at radius 2 is 1.79 bits per heavy atom. The van der Waals surface area contributed by atoms with Gasteiger partial charge in [0.2, 0.25) is 5.91 Å². The maximum absolute atomic E-state index is 13.5. The second-order valence-electron chi connectivity index (χ2n) is 7.92. The predicted molar refractivity (Wildman–Crippen MR) is 132 cm³/mol. The van der Waals surface area contributed by atoms with Gasteiger partial charge in [0.25, 0.3) is 5.91 Å². The molecule has 0 spiro atoms. The number of para-hydroxylation sites is 1. The van der Waals surface area contributed by atoms with Crippen molar-refractivity contribution in [2.24, 2.45) is 0 Å². The number of nitrogens with zero attached hydrogens (tertiary/aromatic N) is 4. The first-order valence-electron chi connectivity index (χ1n) is 10.5. The van der Waals surface area contributed by atoms with E-state index in [1.807, 2.05) is 31.3 Å². The Kier molecular flexibility index (Phi) is 7.30. The molecule has 0 aliphatic carbocycles. The zero-order valence-electron chi connectivity index (χ0n) is 18.0. The summed E-state index contributed by atoms with van der Waals surface area (Å²) in [6.45, 7) is 2.56. The molecule has 9 heteroatoms. The topological polar surface area (TPSA) is 67.6 Å². The number of anilines is 1. The molecule has 2 aromatic carbocycles. The summed E-state index contributed by atoms with van der Waals surface area (Å²) >= 11 is 13.8. The summed E-state index contributed by atoms with van der Waals surface area (Å²) < 4.78 is 0. The molecule has 0 N–H and O–H groups in total. The standard InChI is InChI=1S/C24H22Cl2N4O2S/c1-28-10-12-29(13-11-28)22(31)18(15-27)24-30(17-7-3-2-4-8-17)23(32)20(33-24)14-16-6-5-9-19(25)21(16)26/h2-9,20H,10-14H2,1H3. The predicted octanol–water partition coefficient (Wildman–Crippen LogP) is 4.19. The van der Waals surface area contributed by atoms with Crippen LogP contribution in [0.3, 0.4) is 0 Å². The number of likely N-dealkylation sites (N-methyl/N-ethyl adjacent to an activating group) is 1. The van der Waals surface area contributed by atoms with Crippen molar-refractivity contribution in [1.82, 2.24) is 9.80 Å². The summed E-state index contributed by atoms with van der Waals surface area (Å²) in [5.41, 5.74) is 1.35. The molecule has 4 rings (SSSR count). The first-order chi connectivity index (χ1) is 15.9. The van der Waals surface area contributed by atoms with E-state index in [9.17, 15) is 14.9 Å². The van der Waals surface area contributed by atoms with Crippen molar-refractivity contribution in [3.63, 3.8) is 0 Å². The lowest BCUT2D eigenvalue weighted by molar-refractivity contribution is -0.128. The van der Waals surface area contributed by atoms with Gasteiger partial charge in [0, 0.05) is 31.9 Å². The number of rotatable bonds is 4. The summed E-state index contributed by atoms with van der Waals surface area (Å²) in [6, 6.07) is 16.5. The highest BCUT2D eigenvalue weighted by molar-refractivity contribution is 8.05. The summed E-state index contributed by atoms with van der Waals surface area (Å²) in [5, 5.41) is 10.6. The monoisotopic (exact) mass is 500 g/mol. The summed E-state index contributed by atoms with van der Waals surface area (Å²) in [4.78, 5) is 32.1. The fourth-order valence-corrected chi connectivity index (χ4v) is 5.55. The number of carbonyl (C=O) groups excluding carboxylic acids is 2. The van der Waals surface area contributed by atoms with Crippen LogP contribution < -0.4 is 4.90 Å². The molecule has 2 aliphatic heterocycles. The number of benzene rings is 2. The minimum Gasteiger partial charge on any atom is -0.335 e. The Morgan fingerprint density at radius 1 is 1.09 bits per heavy atom. The van der Waals surface area contributed by atoms with E-state index in [-0.39, 0.29) is 17.4 Å². The highest BCUT2D eigenvalue weighted by atomic mass is 35.5. The number of hydrogen-bond acceptors (Lipinski definition) is 5. The average Bonchev–Trinajstić information content (AvgIpc) is 3.14. The number of thioether (sulfide) groups is 1. The first kappa shape index (κ1) is 23.7. The molecule has 0 saturated carbocycles. The van der Waals surface area contributed by atoms with Crippen molar-refractivity contribution >= 4 is 52.5 Å². The van der Waals surface area contributed by atoms with Crippen LogP contribution in [0.5, 0.6) is 0 Å². The lowest BCUT2D eigenvalue weighted by Gasteiger charge is -2.32. The molecular formula is C24H22Cl2N4O2S.